The van der Waals surface area contributed by atoms with E-state index in [-0.39, 0.29) is 11.7 Å². The number of nitrogens with one attached hydrogen (secondary N) is 1. The third-order valence-corrected chi connectivity index (χ3v) is 2.86. The number of ketones is 1. The molecule has 0 aliphatic heterocycles. The van der Waals surface area contributed by atoms with Crippen molar-refractivity contribution in [1.82, 2.24) is 14.9 Å². The van der Waals surface area contributed by atoms with Crippen molar-refractivity contribution in [2.24, 2.45) is 0 Å². The zero-order valence-corrected chi connectivity index (χ0v) is 9.72. The number of nitrogens with zero attached hydrogens (tertiary/aromatic N) is 2. The summed E-state index contributed by atoms with van der Waals surface area (Å²) < 4.78 is 3.66. The highest BCUT2D eigenvalue weighted by atomic mass is 32.1. The van der Waals surface area contributed by atoms with Gasteiger partial charge in [-0.15, -0.1) is 5.10 Å². The molecule has 1 N–H and O–H groups in total. The van der Waals surface area contributed by atoms with Gasteiger partial charge < -0.3 is 5.32 Å². The number of carbonyl (C=O) groups is 2. The molecule has 1 rings (SSSR count). The lowest BCUT2D eigenvalue weighted by Gasteiger charge is -2.10. The molecule has 0 saturated carbocycles. The van der Waals surface area contributed by atoms with E-state index >= 15 is 0 Å². The molecule has 1 heterocycles. The van der Waals surface area contributed by atoms with Gasteiger partial charge in [0.2, 0.25) is 0 Å². The van der Waals surface area contributed by atoms with Crippen LogP contribution in [-0.4, -0.2) is 27.3 Å². The second-order valence-corrected chi connectivity index (χ2v) is 3.96. The summed E-state index contributed by atoms with van der Waals surface area (Å²) in [4.78, 5) is 23.3. The van der Waals surface area contributed by atoms with Crippen LogP contribution >= 0.6 is 11.5 Å². The number of aromatic nitrogens is 2. The number of carbonyl (C=O) groups excluding carboxylic acids is 2. The van der Waals surface area contributed by atoms with Gasteiger partial charge in [0.1, 0.15) is 4.88 Å². The van der Waals surface area contributed by atoms with Crippen molar-refractivity contribution in [2.75, 3.05) is 0 Å². The van der Waals surface area contributed by atoms with Gasteiger partial charge in [0, 0.05) is 6.42 Å². The molecule has 1 unspecified atom stereocenters. The summed E-state index contributed by atoms with van der Waals surface area (Å²) in [5.74, 6) is -0.268. The molecule has 0 radical (unpaired) electrons. The highest BCUT2D eigenvalue weighted by molar-refractivity contribution is 7.08. The van der Waals surface area contributed by atoms with Gasteiger partial charge in [-0.3, -0.25) is 9.59 Å². The molecule has 0 saturated heterocycles. The molecule has 1 aromatic rings. The predicted molar refractivity (Wildman–Crippen MR) is 56.9 cm³/mol. The Hall–Kier alpha value is -1.30. The average Bonchev–Trinajstić information content (AvgIpc) is 2.63. The number of aryl methyl sites for hydroxylation is 1. The van der Waals surface area contributed by atoms with Crippen LogP contribution in [0, 0.1) is 6.92 Å². The number of amides is 1. The smallest absolute Gasteiger partial charge is 0.265 e. The molecular weight excluding hydrogens is 214 g/mol. The van der Waals surface area contributed by atoms with E-state index in [1.54, 1.807) is 20.8 Å². The Morgan fingerprint density at radius 2 is 2.20 bits per heavy atom. The highest BCUT2D eigenvalue weighted by Gasteiger charge is 2.18. The van der Waals surface area contributed by atoms with E-state index in [2.05, 4.69) is 14.9 Å². The second kappa shape index (κ2) is 4.97. The molecule has 0 fully saturated rings. The minimum Gasteiger partial charge on any atom is -0.342 e. The van der Waals surface area contributed by atoms with Crippen molar-refractivity contribution >= 4 is 23.2 Å². The van der Waals surface area contributed by atoms with Gasteiger partial charge in [-0.25, -0.2) is 0 Å². The largest absolute Gasteiger partial charge is 0.342 e. The monoisotopic (exact) mass is 227 g/mol. The Balaban J connectivity index is 2.64. The Morgan fingerprint density at radius 3 is 2.67 bits per heavy atom. The molecule has 5 nitrogen and oxygen atoms in total. The lowest BCUT2D eigenvalue weighted by Crippen LogP contribution is -2.38. The molecule has 1 aromatic heterocycles. The zero-order valence-electron chi connectivity index (χ0n) is 8.90. The predicted octanol–water partition coefficient (Wildman–Crippen LogP) is 0.944. The van der Waals surface area contributed by atoms with Crippen molar-refractivity contribution in [3.8, 4) is 0 Å². The third-order valence-electron chi connectivity index (χ3n) is 2.04. The third kappa shape index (κ3) is 2.82. The molecule has 1 amide bonds. The van der Waals surface area contributed by atoms with Crippen LogP contribution in [0.4, 0.5) is 0 Å². The minimum atomic E-state index is -0.455. The van der Waals surface area contributed by atoms with E-state index in [0.29, 0.717) is 17.0 Å². The van der Waals surface area contributed by atoms with Crippen molar-refractivity contribution in [1.29, 1.82) is 0 Å². The number of hydrogen-bond donors (Lipinski definition) is 1. The lowest BCUT2D eigenvalue weighted by molar-refractivity contribution is -0.120. The molecule has 0 bridgehead atoms. The van der Waals surface area contributed by atoms with Gasteiger partial charge in [0.05, 0.1) is 11.7 Å². The Bertz CT molecular complexity index is 375. The topological polar surface area (TPSA) is 72.0 Å². The first-order chi connectivity index (χ1) is 7.06. The van der Waals surface area contributed by atoms with E-state index in [1.165, 1.54) is 0 Å². The van der Waals surface area contributed by atoms with Crippen molar-refractivity contribution in [3.63, 3.8) is 0 Å². The molecule has 82 valence electrons. The highest BCUT2D eigenvalue weighted by Crippen LogP contribution is 2.08. The minimum absolute atomic E-state index is 0.0125. The van der Waals surface area contributed by atoms with E-state index < -0.39 is 6.04 Å². The normalized spacial score (nSPS) is 12.2. The fraction of sp³-hybridized carbons (Fsp3) is 0.556. The number of rotatable bonds is 4. The molecule has 6 heteroatoms. The maximum Gasteiger partial charge on any atom is 0.265 e. The molecule has 1 atom stereocenters. The van der Waals surface area contributed by atoms with E-state index in [4.69, 9.17) is 0 Å². The summed E-state index contributed by atoms with van der Waals surface area (Å²) in [6.07, 6.45) is 0.418. The number of Topliss-reactive ketones (excluding diaryl/α,β-unsaturated/α-hetero) is 1. The standard InChI is InChI=1S/C9H13N3O2S/c1-4-7(13)5(2)10-9(14)8-6(3)11-12-15-8/h5H,4H2,1-3H3,(H,10,14). The van der Waals surface area contributed by atoms with Crippen LogP contribution in [-0.2, 0) is 4.79 Å². The fourth-order valence-corrected chi connectivity index (χ4v) is 1.65. The molecule has 0 aliphatic rings. The van der Waals surface area contributed by atoms with Gasteiger partial charge in [-0.2, -0.15) is 0 Å². The first-order valence-corrected chi connectivity index (χ1v) is 5.46. The molecule has 15 heavy (non-hydrogen) atoms. The summed E-state index contributed by atoms with van der Waals surface area (Å²) >= 11 is 1.03. The van der Waals surface area contributed by atoms with Gasteiger partial charge in [0.15, 0.2) is 5.78 Å². The number of hydrogen-bond acceptors (Lipinski definition) is 5. The fourth-order valence-electron chi connectivity index (χ4n) is 1.09. The maximum atomic E-state index is 11.6. The van der Waals surface area contributed by atoms with Crippen molar-refractivity contribution in [2.45, 2.75) is 33.2 Å². The summed E-state index contributed by atoms with van der Waals surface area (Å²) in [5.41, 5.74) is 0.591. The Kier molecular flexibility index (Phi) is 3.90. The summed E-state index contributed by atoms with van der Waals surface area (Å²) in [6, 6.07) is -0.455. The van der Waals surface area contributed by atoms with Gasteiger partial charge in [0.25, 0.3) is 5.91 Å². The van der Waals surface area contributed by atoms with Crippen LogP contribution in [0.5, 0.6) is 0 Å². The van der Waals surface area contributed by atoms with E-state index in [1.807, 2.05) is 0 Å². The summed E-state index contributed by atoms with van der Waals surface area (Å²) in [7, 11) is 0. The van der Waals surface area contributed by atoms with Gasteiger partial charge in [-0.1, -0.05) is 11.4 Å². The maximum absolute atomic E-state index is 11.6. The molecule has 0 aliphatic carbocycles. The molecule has 0 spiro atoms. The van der Waals surface area contributed by atoms with Gasteiger partial charge in [-0.05, 0) is 25.4 Å². The van der Waals surface area contributed by atoms with Crippen LogP contribution in [0.3, 0.4) is 0 Å². The zero-order chi connectivity index (χ0) is 11.4. The lowest BCUT2D eigenvalue weighted by atomic mass is 10.1. The quantitative estimate of drug-likeness (QED) is 0.831. The van der Waals surface area contributed by atoms with Crippen LogP contribution in [0.2, 0.25) is 0 Å². The first kappa shape index (κ1) is 11.8. The van der Waals surface area contributed by atoms with E-state index in [9.17, 15) is 9.59 Å². The molecule has 0 aromatic carbocycles. The van der Waals surface area contributed by atoms with Crippen LogP contribution in [0.15, 0.2) is 0 Å². The summed E-state index contributed by atoms with van der Waals surface area (Å²) in [5, 5.41) is 6.35. The Labute approximate surface area is 92.0 Å². The SMILES string of the molecule is CCC(=O)C(C)NC(=O)c1snnc1C. The second-order valence-electron chi connectivity index (χ2n) is 3.20. The van der Waals surface area contributed by atoms with Gasteiger partial charge >= 0.3 is 0 Å². The Morgan fingerprint density at radius 1 is 1.53 bits per heavy atom. The van der Waals surface area contributed by atoms with Crippen molar-refractivity contribution < 1.29 is 9.59 Å². The van der Waals surface area contributed by atoms with Crippen molar-refractivity contribution in [3.05, 3.63) is 10.6 Å². The first-order valence-electron chi connectivity index (χ1n) is 4.68. The summed E-state index contributed by atoms with van der Waals surface area (Å²) in [6.45, 7) is 5.16. The van der Waals surface area contributed by atoms with Crippen LogP contribution < -0.4 is 5.32 Å². The molecular formula is C9H13N3O2S. The average molecular weight is 227 g/mol. The van der Waals surface area contributed by atoms with E-state index in [0.717, 1.165) is 11.5 Å². The van der Waals surface area contributed by atoms with Crippen LogP contribution in [0.25, 0.3) is 0 Å². The van der Waals surface area contributed by atoms with Crippen LogP contribution in [0.1, 0.15) is 35.6 Å².